The Morgan fingerprint density at radius 1 is 1.26 bits per heavy atom. The number of carbonyl (C=O) groups is 2. The molecule has 23 heavy (non-hydrogen) atoms. The van der Waals surface area contributed by atoms with E-state index in [9.17, 15) is 22.4 Å². The van der Waals surface area contributed by atoms with Crippen LogP contribution in [0.1, 0.15) is 19.8 Å². The average Bonchev–Trinajstić information content (AvgIpc) is 2.46. The Kier molecular flexibility index (Phi) is 7.11. The number of carboxylic acid groups (broad SMARTS) is 1. The fraction of sp³-hybridized carbons (Fsp3) is 0.429. The van der Waals surface area contributed by atoms with E-state index in [1.165, 1.54) is 0 Å². The van der Waals surface area contributed by atoms with E-state index in [0.29, 0.717) is 6.42 Å². The maximum atomic E-state index is 12.8. The summed E-state index contributed by atoms with van der Waals surface area (Å²) in [4.78, 5) is 23.7. The molecule has 0 aromatic heterocycles. The first kappa shape index (κ1) is 19.0. The molecule has 0 atom stereocenters. The van der Waals surface area contributed by atoms with Crippen molar-refractivity contribution in [1.29, 1.82) is 0 Å². The number of hydrogen-bond donors (Lipinski definition) is 2. The SMILES string of the molecule is CCCN(CC(=O)O)C(=O)CCNS(=O)(=O)c1ccc(F)cc1. The summed E-state index contributed by atoms with van der Waals surface area (Å²) >= 11 is 0. The minimum absolute atomic E-state index is 0.109. The molecule has 128 valence electrons. The molecule has 0 radical (unpaired) electrons. The first-order chi connectivity index (χ1) is 10.8. The third-order valence-electron chi connectivity index (χ3n) is 2.93. The normalized spacial score (nSPS) is 11.2. The molecule has 1 aromatic rings. The van der Waals surface area contributed by atoms with Gasteiger partial charge in [0.1, 0.15) is 12.4 Å². The Morgan fingerprint density at radius 2 is 1.87 bits per heavy atom. The first-order valence-electron chi connectivity index (χ1n) is 7.01. The molecule has 1 aromatic carbocycles. The molecule has 0 saturated heterocycles. The van der Waals surface area contributed by atoms with Gasteiger partial charge in [0.2, 0.25) is 15.9 Å². The van der Waals surface area contributed by atoms with Crippen molar-refractivity contribution >= 4 is 21.9 Å². The molecule has 0 fully saturated rings. The largest absolute Gasteiger partial charge is 0.480 e. The Hall–Kier alpha value is -2.00. The highest BCUT2D eigenvalue weighted by atomic mass is 32.2. The predicted octanol–water partition coefficient (Wildman–Crippen LogP) is 0.817. The van der Waals surface area contributed by atoms with Crippen molar-refractivity contribution in [2.45, 2.75) is 24.7 Å². The van der Waals surface area contributed by atoms with Crippen LogP contribution < -0.4 is 4.72 Å². The number of sulfonamides is 1. The minimum atomic E-state index is -3.84. The van der Waals surface area contributed by atoms with Crippen LogP contribution in [0.4, 0.5) is 4.39 Å². The van der Waals surface area contributed by atoms with Crippen LogP contribution in [0.25, 0.3) is 0 Å². The molecule has 2 N–H and O–H groups in total. The second-order valence-corrected chi connectivity index (χ2v) is 6.58. The maximum Gasteiger partial charge on any atom is 0.323 e. The highest BCUT2D eigenvalue weighted by molar-refractivity contribution is 7.89. The number of benzene rings is 1. The predicted molar refractivity (Wildman–Crippen MR) is 80.7 cm³/mol. The summed E-state index contributed by atoms with van der Waals surface area (Å²) in [6.07, 6.45) is 0.439. The molecule has 1 amide bonds. The fourth-order valence-electron chi connectivity index (χ4n) is 1.87. The van der Waals surface area contributed by atoms with Crippen molar-refractivity contribution in [3.8, 4) is 0 Å². The molecule has 0 spiro atoms. The van der Waals surface area contributed by atoms with Crippen LogP contribution in [-0.4, -0.2) is 49.9 Å². The van der Waals surface area contributed by atoms with Crippen molar-refractivity contribution in [3.05, 3.63) is 30.1 Å². The van der Waals surface area contributed by atoms with Crippen LogP contribution in [0.15, 0.2) is 29.2 Å². The lowest BCUT2D eigenvalue weighted by atomic mass is 10.3. The fourth-order valence-corrected chi connectivity index (χ4v) is 2.90. The zero-order valence-corrected chi connectivity index (χ0v) is 13.5. The molecule has 1 rings (SSSR count). The van der Waals surface area contributed by atoms with Gasteiger partial charge in [-0.25, -0.2) is 17.5 Å². The monoisotopic (exact) mass is 346 g/mol. The number of nitrogens with zero attached hydrogens (tertiary/aromatic N) is 1. The van der Waals surface area contributed by atoms with Gasteiger partial charge in [-0.1, -0.05) is 6.92 Å². The van der Waals surface area contributed by atoms with E-state index in [-0.39, 0.29) is 24.4 Å². The van der Waals surface area contributed by atoms with Crippen molar-refractivity contribution in [2.75, 3.05) is 19.6 Å². The second-order valence-electron chi connectivity index (χ2n) is 4.81. The van der Waals surface area contributed by atoms with Gasteiger partial charge >= 0.3 is 5.97 Å². The molecule has 0 unspecified atom stereocenters. The summed E-state index contributed by atoms with van der Waals surface area (Å²) in [5, 5.41) is 8.75. The Balaban J connectivity index is 2.58. The molecule has 0 saturated carbocycles. The minimum Gasteiger partial charge on any atom is -0.480 e. The molecule has 7 nitrogen and oxygen atoms in total. The Morgan fingerprint density at radius 3 is 2.39 bits per heavy atom. The number of aliphatic carboxylic acids is 1. The summed E-state index contributed by atoms with van der Waals surface area (Å²) < 4.78 is 38.9. The van der Waals surface area contributed by atoms with Crippen LogP contribution >= 0.6 is 0 Å². The van der Waals surface area contributed by atoms with Gasteiger partial charge in [-0.05, 0) is 30.7 Å². The van der Waals surface area contributed by atoms with Crippen molar-refractivity contribution in [1.82, 2.24) is 9.62 Å². The van der Waals surface area contributed by atoms with E-state index >= 15 is 0 Å². The molecule has 0 aliphatic heterocycles. The van der Waals surface area contributed by atoms with Gasteiger partial charge < -0.3 is 10.0 Å². The lowest BCUT2D eigenvalue weighted by Crippen LogP contribution is -2.38. The average molecular weight is 346 g/mol. The number of amides is 1. The van der Waals surface area contributed by atoms with E-state index < -0.39 is 34.3 Å². The van der Waals surface area contributed by atoms with E-state index in [1.54, 1.807) is 6.92 Å². The molecule has 0 aliphatic rings. The second kappa shape index (κ2) is 8.59. The topological polar surface area (TPSA) is 104 Å². The van der Waals surface area contributed by atoms with E-state index in [4.69, 9.17) is 5.11 Å². The van der Waals surface area contributed by atoms with Crippen LogP contribution in [0.2, 0.25) is 0 Å². The van der Waals surface area contributed by atoms with Crippen LogP contribution in [0.5, 0.6) is 0 Å². The molecule has 0 aliphatic carbocycles. The van der Waals surface area contributed by atoms with E-state index in [0.717, 1.165) is 29.2 Å². The standard InChI is InChI=1S/C14H19FN2O5S/c1-2-9-17(10-14(19)20)13(18)7-8-16-23(21,22)12-5-3-11(15)4-6-12/h3-6,16H,2,7-10H2,1H3,(H,19,20). The van der Waals surface area contributed by atoms with E-state index in [1.807, 2.05) is 0 Å². The zero-order chi connectivity index (χ0) is 17.5. The molecular formula is C14H19FN2O5S. The highest BCUT2D eigenvalue weighted by Crippen LogP contribution is 2.09. The van der Waals surface area contributed by atoms with Gasteiger partial charge in [-0.15, -0.1) is 0 Å². The molecule has 0 heterocycles. The van der Waals surface area contributed by atoms with Crippen LogP contribution in [0, 0.1) is 5.82 Å². The van der Waals surface area contributed by atoms with Gasteiger partial charge in [-0.3, -0.25) is 9.59 Å². The van der Waals surface area contributed by atoms with Crippen LogP contribution in [0.3, 0.4) is 0 Å². The summed E-state index contributed by atoms with van der Waals surface area (Å²) in [6, 6.07) is 4.28. The lowest BCUT2D eigenvalue weighted by molar-refractivity contribution is -0.144. The van der Waals surface area contributed by atoms with Gasteiger partial charge in [0, 0.05) is 19.5 Å². The number of carbonyl (C=O) groups excluding carboxylic acids is 1. The number of halogens is 1. The quantitative estimate of drug-likeness (QED) is 0.689. The maximum absolute atomic E-state index is 12.8. The Bertz CT molecular complexity index is 646. The number of carboxylic acids is 1. The summed E-state index contributed by atoms with van der Waals surface area (Å²) in [5.74, 6) is -2.13. The smallest absolute Gasteiger partial charge is 0.323 e. The first-order valence-corrected chi connectivity index (χ1v) is 8.49. The van der Waals surface area contributed by atoms with Crippen molar-refractivity contribution in [2.24, 2.45) is 0 Å². The third-order valence-corrected chi connectivity index (χ3v) is 4.40. The van der Waals surface area contributed by atoms with Gasteiger partial charge in [0.25, 0.3) is 0 Å². The number of nitrogens with one attached hydrogen (secondary N) is 1. The van der Waals surface area contributed by atoms with Crippen molar-refractivity contribution in [3.63, 3.8) is 0 Å². The number of hydrogen-bond acceptors (Lipinski definition) is 4. The summed E-state index contributed by atoms with van der Waals surface area (Å²) in [6.45, 7) is 1.50. The van der Waals surface area contributed by atoms with Gasteiger partial charge in [0.15, 0.2) is 0 Å². The Labute approximate surface area is 134 Å². The zero-order valence-electron chi connectivity index (χ0n) is 12.7. The summed E-state index contributed by atoms with van der Waals surface area (Å²) in [7, 11) is -3.84. The summed E-state index contributed by atoms with van der Waals surface area (Å²) in [5.41, 5.74) is 0. The number of rotatable bonds is 9. The van der Waals surface area contributed by atoms with Crippen molar-refractivity contribution < 1.29 is 27.5 Å². The molecular weight excluding hydrogens is 327 g/mol. The van der Waals surface area contributed by atoms with E-state index in [2.05, 4.69) is 4.72 Å². The van der Waals surface area contributed by atoms with Gasteiger partial charge in [0.05, 0.1) is 4.90 Å². The third kappa shape index (κ3) is 6.33. The van der Waals surface area contributed by atoms with Crippen LogP contribution in [-0.2, 0) is 19.6 Å². The highest BCUT2D eigenvalue weighted by Gasteiger charge is 2.18. The molecule has 0 bridgehead atoms. The lowest BCUT2D eigenvalue weighted by Gasteiger charge is -2.20. The molecule has 9 heteroatoms. The van der Waals surface area contributed by atoms with Gasteiger partial charge in [-0.2, -0.15) is 0 Å².